The second-order valence-electron chi connectivity index (χ2n) is 3.70. The molecule has 1 heterocycles. The van der Waals surface area contributed by atoms with Crippen LogP contribution in [0.3, 0.4) is 0 Å². The van der Waals surface area contributed by atoms with Gasteiger partial charge in [-0.05, 0) is 29.7 Å². The maximum atomic E-state index is 8.89. The van der Waals surface area contributed by atoms with Gasteiger partial charge in [0.05, 0.1) is 17.7 Å². The standard InChI is InChI=1S/C11H14ClNOS/c1-8(2)9(5-13)6-15-7-10-3-4-11(12)14-10/h3-4,8-9H,6-7H2,1-2H3. The molecule has 4 heteroatoms. The van der Waals surface area contributed by atoms with Crippen molar-refractivity contribution in [2.24, 2.45) is 11.8 Å². The number of rotatable bonds is 5. The van der Waals surface area contributed by atoms with Crippen LogP contribution >= 0.6 is 23.4 Å². The molecule has 0 bridgehead atoms. The Morgan fingerprint density at radius 1 is 1.53 bits per heavy atom. The van der Waals surface area contributed by atoms with Crippen molar-refractivity contribution in [2.75, 3.05) is 5.75 Å². The number of nitrogens with zero attached hydrogens (tertiary/aromatic N) is 1. The van der Waals surface area contributed by atoms with Gasteiger partial charge < -0.3 is 4.42 Å². The minimum atomic E-state index is 0.112. The summed E-state index contributed by atoms with van der Waals surface area (Å²) in [5.41, 5.74) is 0. The lowest BCUT2D eigenvalue weighted by atomic mass is 10.0. The van der Waals surface area contributed by atoms with Crippen molar-refractivity contribution in [1.82, 2.24) is 0 Å². The van der Waals surface area contributed by atoms with Gasteiger partial charge >= 0.3 is 0 Å². The topological polar surface area (TPSA) is 36.9 Å². The Hall–Kier alpha value is -0.590. The van der Waals surface area contributed by atoms with Gasteiger partial charge in [-0.15, -0.1) is 0 Å². The van der Waals surface area contributed by atoms with Crippen LogP contribution in [0, 0.1) is 23.2 Å². The molecule has 82 valence electrons. The van der Waals surface area contributed by atoms with Crippen LogP contribution in [0.2, 0.25) is 5.22 Å². The van der Waals surface area contributed by atoms with Crippen molar-refractivity contribution in [1.29, 1.82) is 5.26 Å². The van der Waals surface area contributed by atoms with E-state index in [1.54, 1.807) is 17.8 Å². The fraction of sp³-hybridized carbons (Fsp3) is 0.545. The first kappa shape index (κ1) is 12.5. The Morgan fingerprint density at radius 3 is 2.73 bits per heavy atom. The van der Waals surface area contributed by atoms with Gasteiger partial charge in [0, 0.05) is 5.75 Å². The highest BCUT2D eigenvalue weighted by molar-refractivity contribution is 7.98. The van der Waals surface area contributed by atoms with E-state index < -0.39 is 0 Å². The summed E-state index contributed by atoms with van der Waals surface area (Å²) in [6.45, 7) is 4.14. The van der Waals surface area contributed by atoms with Crippen molar-refractivity contribution in [2.45, 2.75) is 19.6 Å². The molecule has 1 rings (SSSR count). The lowest BCUT2D eigenvalue weighted by molar-refractivity contribution is 0.519. The lowest BCUT2D eigenvalue weighted by Crippen LogP contribution is -2.08. The smallest absolute Gasteiger partial charge is 0.193 e. The van der Waals surface area contributed by atoms with Gasteiger partial charge in [0.25, 0.3) is 0 Å². The van der Waals surface area contributed by atoms with E-state index in [4.69, 9.17) is 21.3 Å². The highest BCUT2D eigenvalue weighted by atomic mass is 35.5. The van der Waals surface area contributed by atoms with Crippen molar-refractivity contribution in [3.63, 3.8) is 0 Å². The molecule has 1 unspecified atom stereocenters. The van der Waals surface area contributed by atoms with Crippen LogP contribution in [0.25, 0.3) is 0 Å². The zero-order valence-electron chi connectivity index (χ0n) is 8.87. The monoisotopic (exact) mass is 243 g/mol. The first-order valence-corrected chi connectivity index (χ1v) is 6.38. The number of hydrogen-bond donors (Lipinski definition) is 0. The van der Waals surface area contributed by atoms with E-state index in [0.29, 0.717) is 11.1 Å². The molecular weight excluding hydrogens is 230 g/mol. The van der Waals surface area contributed by atoms with Crippen LogP contribution in [0.4, 0.5) is 0 Å². The molecule has 0 saturated heterocycles. The van der Waals surface area contributed by atoms with Crippen LogP contribution in [0.15, 0.2) is 16.5 Å². The third-order valence-corrected chi connectivity index (χ3v) is 3.43. The molecule has 0 spiro atoms. The minimum Gasteiger partial charge on any atom is -0.449 e. The maximum Gasteiger partial charge on any atom is 0.193 e. The fourth-order valence-electron chi connectivity index (χ4n) is 1.09. The fourth-order valence-corrected chi connectivity index (χ4v) is 2.44. The molecule has 15 heavy (non-hydrogen) atoms. The van der Waals surface area contributed by atoms with Crippen molar-refractivity contribution in [3.8, 4) is 6.07 Å². The van der Waals surface area contributed by atoms with Crippen molar-refractivity contribution < 1.29 is 4.42 Å². The lowest BCUT2D eigenvalue weighted by Gasteiger charge is -2.11. The molecule has 0 aromatic carbocycles. The molecule has 2 nitrogen and oxygen atoms in total. The van der Waals surface area contributed by atoms with E-state index in [9.17, 15) is 0 Å². The summed E-state index contributed by atoms with van der Waals surface area (Å²) in [6, 6.07) is 5.92. The van der Waals surface area contributed by atoms with Gasteiger partial charge in [0.1, 0.15) is 5.76 Å². The summed E-state index contributed by atoms with van der Waals surface area (Å²) in [6.07, 6.45) is 0. The molecule has 0 aliphatic carbocycles. The highest BCUT2D eigenvalue weighted by Crippen LogP contribution is 2.22. The van der Waals surface area contributed by atoms with Crippen molar-refractivity contribution in [3.05, 3.63) is 23.1 Å². The molecule has 1 atom stereocenters. The summed E-state index contributed by atoms with van der Waals surface area (Å²) >= 11 is 7.36. The van der Waals surface area contributed by atoms with Crippen LogP contribution in [-0.2, 0) is 5.75 Å². The van der Waals surface area contributed by atoms with Gasteiger partial charge in [-0.3, -0.25) is 0 Å². The molecule has 0 amide bonds. The van der Waals surface area contributed by atoms with Crippen LogP contribution in [0.5, 0.6) is 0 Å². The molecular formula is C11H14ClNOS. The zero-order chi connectivity index (χ0) is 11.3. The Labute approximate surface area is 99.6 Å². The summed E-state index contributed by atoms with van der Waals surface area (Å²) < 4.78 is 5.22. The average molecular weight is 244 g/mol. The second kappa shape index (κ2) is 6.09. The highest BCUT2D eigenvalue weighted by Gasteiger charge is 2.12. The minimum absolute atomic E-state index is 0.112. The van der Waals surface area contributed by atoms with Gasteiger partial charge in [0.2, 0.25) is 0 Å². The second-order valence-corrected chi connectivity index (χ2v) is 5.10. The molecule has 0 radical (unpaired) electrons. The molecule has 0 N–H and O–H groups in total. The van der Waals surface area contributed by atoms with Crippen LogP contribution in [0.1, 0.15) is 19.6 Å². The predicted octanol–water partition coefficient (Wildman–Crippen LogP) is 3.96. The van der Waals surface area contributed by atoms with Gasteiger partial charge in [0.15, 0.2) is 5.22 Å². The molecule has 0 aliphatic heterocycles. The normalized spacial score (nSPS) is 12.7. The third kappa shape index (κ3) is 4.19. The number of nitriles is 1. The Kier molecular flexibility index (Phi) is 5.07. The summed E-state index contributed by atoms with van der Waals surface area (Å²) in [7, 11) is 0. The third-order valence-electron chi connectivity index (χ3n) is 2.14. The molecule has 1 aromatic rings. The van der Waals surface area contributed by atoms with E-state index in [2.05, 4.69) is 19.9 Å². The largest absolute Gasteiger partial charge is 0.449 e. The number of furan rings is 1. The Bertz CT molecular complexity index is 343. The quantitative estimate of drug-likeness (QED) is 0.786. The first-order chi connectivity index (χ1) is 7.13. The van der Waals surface area contributed by atoms with Gasteiger partial charge in [-0.25, -0.2) is 0 Å². The van der Waals surface area contributed by atoms with E-state index in [0.717, 1.165) is 17.3 Å². The number of hydrogen-bond acceptors (Lipinski definition) is 3. The number of halogens is 1. The SMILES string of the molecule is CC(C)C(C#N)CSCc1ccc(Cl)o1. The number of thioether (sulfide) groups is 1. The molecule has 0 fully saturated rings. The van der Waals surface area contributed by atoms with Crippen LogP contribution < -0.4 is 0 Å². The predicted molar refractivity (Wildman–Crippen MR) is 63.8 cm³/mol. The maximum absolute atomic E-state index is 8.89. The summed E-state index contributed by atoms with van der Waals surface area (Å²) in [5, 5.41) is 9.31. The van der Waals surface area contributed by atoms with Crippen molar-refractivity contribution >= 4 is 23.4 Å². The van der Waals surface area contributed by atoms with Gasteiger partial charge in [-0.2, -0.15) is 17.0 Å². The summed E-state index contributed by atoms with van der Waals surface area (Å²) in [4.78, 5) is 0. The van der Waals surface area contributed by atoms with E-state index >= 15 is 0 Å². The first-order valence-electron chi connectivity index (χ1n) is 4.85. The Morgan fingerprint density at radius 2 is 2.27 bits per heavy atom. The molecule has 0 saturated carbocycles. The summed E-state index contributed by atoms with van der Waals surface area (Å²) in [5.74, 6) is 3.00. The zero-order valence-corrected chi connectivity index (χ0v) is 10.4. The molecule has 0 aliphatic rings. The van der Waals surface area contributed by atoms with E-state index in [1.165, 1.54) is 0 Å². The average Bonchev–Trinajstić information content (AvgIpc) is 2.58. The Balaban J connectivity index is 2.30. The van der Waals surface area contributed by atoms with Crippen LogP contribution in [-0.4, -0.2) is 5.75 Å². The molecule has 1 aromatic heterocycles. The van der Waals surface area contributed by atoms with E-state index in [-0.39, 0.29) is 5.92 Å². The van der Waals surface area contributed by atoms with Gasteiger partial charge in [-0.1, -0.05) is 13.8 Å². The van der Waals surface area contributed by atoms with E-state index in [1.807, 2.05) is 6.07 Å².